The number of halogens is 1. The Morgan fingerprint density at radius 1 is 1.39 bits per heavy atom. The van der Waals surface area contributed by atoms with E-state index in [4.69, 9.17) is 22.1 Å². The third-order valence-electron chi connectivity index (χ3n) is 3.35. The Bertz CT molecular complexity index is 638. The maximum Gasteiger partial charge on any atom is 0.410 e. The lowest BCUT2D eigenvalue weighted by atomic mass is 9.97. The molecule has 1 saturated heterocycles. The number of likely N-dealkylation sites (tertiary alicyclic amines) is 1. The fourth-order valence-corrected chi connectivity index (χ4v) is 2.34. The monoisotopic (exact) mass is 336 g/mol. The van der Waals surface area contributed by atoms with Crippen molar-refractivity contribution >= 4 is 23.5 Å². The maximum absolute atomic E-state index is 12.0. The number of anilines is 1. The van der Waals surface area contributed by atoms with Crippen LogP contribution < -0.4 is 5.73 Å². The van der Waals surface area contributed by atoms with Crippen LogP contribution in [-0.4, -0.2) is 39.9 Å². The van der Waals surface area contributed by atoms with Crippen molar-refractivity contribution in [2.45, 2.75) is 39.2 Å². The Balaban J connectivity index is 1.92. The molecule has 0 radical (unpaired) electrons. The molecule has 6 nitrogen and oxygen atoms in total. The van der Waals surface area contributed by atoms with Crippen LogP contribution in [0.25, 0.3) is 0 Å². The second kappa shape index (κ2) is 7.05. The summed E-state index contributed by atoms with van der Waals surface area (Å²) in [5.41, 5.74) is 5.83. The summed E-state index contributed by atoms with van der Waals surface area (Å²) in [6.07, 6.45) is 1.34. The molecule has 1 aromatic heterocycles. The highest BCUT2D eigenvalue weighted by Gasteiger charge is 2.26. The topological polar surface area (TPSA) is 81.3 Å². The van der Waals surface area contributed by atoms with Gasteiger partial charge in [-0.25, -0.2) is 4.79 Å². The number of nitrogen functional groups attached to an aromatic ring is 1. The Labute approximate surface area is 141 Å². The summed E-state index contributed by atoms with van der Waals surface area (Å²) in [5.74, 6) is 6.67. The molecule has 2 N–H and O–H groups in total. The van der Waals surface area contributed by atoms with E-state index in [9.17, 15) is 4.79 Å². The molecule has 0 atom stereocenters. The number of nitrogens with zero attached hydrogens (tertiary/aromatic N) is 3. The second-order valence-corrected chi connectivity index (χ2v) is 6.86. The van der Waals surface area contributed by atoms with Crippen LogP contribution in [0.1, 0.15) is 39.2 Å². The van der Waals surface area contributed by atoms with E-state index in [0.717, 1.165) is 12.8 Å². The number of rotatable bonds is 0. The summed E-state index contributed by atoms with van der Waals surface area (Å²) in [5, 5.41) is 7.66. The molecule has 0 saturated carbocycles. The third kappa shape index (κ3) is 5.29. The molecule has 23 heavy (non-hydrogen) atoms. The van der Waals surface area contributed by atoms with Crippen molar-refractivity contribution in [3.8, 4) is 11.8 Å². The SMILES string of the molecule is CC(C)(C)OC(=O)N1CCC(C#Cc2cc(Cl)nnc2N)CC1. The molecule has 0 unspecified atom stereocenters. The number of piperidine rings is 1. The van der Waals surface area contributed by atoms with Gasteiger partial charge in [-0.15, -0.1) is 10.2 Å². The zero-order chi connectivity index (χ0) is 17.0. The highest BCUT2D eigenvalue weighted by atomic mass is 35.5. The molecular weight excluding hydrogens is 316 g/mol. The molecule has 1 amide bonds. The second-order valence-electron chi connectivity index (χ2n) is 6.48. The number of carbonyl (C=O) groups excluding carboxylic acids is 1. The first-order valence-corrected chi connectivity index (χ1v) is 7.90. The van der Waals surface area contributed by atoms with Gasteiger partial charge in [0.15, 0.2) is 11.0 Å². The first kappa shape index (κ1) is 17.4. The van der Waals surface area contributed by atoms with Gasteiger partial charge < -0.3 is 15.4 Å². The van der Waals surface area contributed by atoms with Gasteiger partial charge in [-0.3, -0.25) is 0 Å². The Morgan fingerprint density at radius 2 is 2.04 bits per heavy atom. The highest BCUT2D eigenvalue weighted by Crippen LogP contribution is 2.19. The molecule has 2 rings (SSSR count). The molecule has 2 heterocycles. The van der Waals surface area contributed by atoms with Crippen LogP contribution in [0.3, 0.4) is 0 Å². The predicted octanol–water partition coefficient (Wildman–Crippen LogP) is 2.71. The molecule has 0 aliphatic carbocycles. The van der Waals surface area contributed by atoms with Crippen molar-refractivity contribution in [3.05, 3.63) is 16.8 Å². The smallest absolute Gasteiger partial charge is 0.410 e. The van der Waals surface area contributed by atoms with Crippen LogP contribution >= 0.6 is 11.6 Å². The van der Waals surface area contributed by atoms with Crippen LogP contribution in [0.4, 0.5) is 10.6 Å². The number of ether oxygens (including phenoxy) is 1. The fourth-order valence-electron chi connectivity index (χ4n) is 2.19. The molecule has 124 valence electrons. The molecule has 0 aromatic carbocycles. The summed E-state index contributed by atoms with van der Waals surface area (Å²) in [6.45, 7) is 6.86. The number of hydrogen-bond donors (Lipinski definition) is 1. The summed E-state index contributed by atoms with van der Waals surface area (Å²) in [7, 11) is 0. The van der Waals surface area contributed by atoms with E-state index >= 15 is 0 Å². The Morgan fingerprint density at radius 3 is 2.65 bits per heavy atom. The van der Waals surface area contributed by atoms with Gasteiger partial charge >= 0.3 is 6.09 Å². The minimum atomic E-state index is -0.473. The van der Waals surface area contributed by atoms with Crippen LogP contribution in [0.2, 0.25) is 5.15 Å². The lowest BCUT2D eigenvalue weighted by molar-refractivity contribution is 0.0199. The van der Waals surface area contributed by atoms with Crippen LogP contribution in [-0.2, 0) is 4.74 Å². The average Bonchev–Trinajstić information content (AvgIpc) is 2.47. The normalized spacial score (nSPS) is 15.7. The van der Waals surface area contributed by atoms with E-state index in [1.807, 2.05) is 20.8 Å². The van der Waals surface area contributed by atoms with Crippen LogP contribution in [0, 0.1) is 17.8 Å². The molecule has 1 aliphatic heterocycles. The maximum atomic E-state index is 12.0. The van der Waals surface area contributed by atoms with Gasteiger partial charge in [0.05, 0.1) is 5.56 Å². The zero-order valence-corrected chi connectivity index (χ0v) is 14.4. The van der Waals surface area contributed by atoms with Crippen LogP contribution in [0.5, 0.6) is 0 Å². The van der Waals surface area contributed by atoms with Gasteiger partial charge in [-0.05, 0) is 39.7 Å². The molecule has 1 fully saturated rings. The van der Waals surface area contributed by atoms with Gasteiger partial charge in [-0.2, -0.15) is 0 Å². The van der Waals surface area contributed by atoms with Gasteiger partial charge in [0.2, 0.25) is 0 Å². The van der Waals surface area contributed by atoms with E-state index in [1.165, 1.54) is 0 Å². The van der Waals surface area contributed by atoms with E-state index in [0.29, 0.717) is 18.7 Å². The largest absolute Gasteiger partial charge is 0.444 e. The van der Waals surface area contributed by atoms with E-state index in [1.54, 1.807) is 11.0 Å². The predicted molar refractivity (Wildman–Crippen MR) is 88.9 cm³/mol. The van der Waals surface area contributed by atoms with Crippen LogP contribution in [0.15, 0.2) is 6.07 Å². The van der Waals surface area contributed by atoms with Gasteiger partial charge in [0, 0.05) is 19.0 Å². The standard InChI is InChI=1S/C16H21ClN4O2/c1-16(2,3)23-15(22)21-8-6-11(7-9-21)4-5-12-10-13(17)19-20-14(12)18/h10-11H,6-9H2,1-3H3,(H2,18,20). The lowest BCUT2D eigenvalue weighted by Gasteiger charge is -2.31. The summed E-state index contributed by atoms with van der Waals surface area (Å²) in [6, 6.07) is 1.60. The quantitative estimate of drug-likeness (QED) is 0.737. The van der Waals surface area contributed by atoms with Crippen molar-refractivity contribution in [3.63, 3.8) is 0 Å². The van der Waals surface area contributed by atoms with E-state index in [-0.39, 0.29) is 23.0 Å². The molecule has 1 aliphatic rings. The fraction of sp³-hybridized carbons (Fsp3) is 0.562. The van der Waals surface area contributed by atoms with Crippen molar-refractivity contribution < 1.29 is 9.53 Å². The number of amides is 1. The van der Waals surface area contributed by atoms with Gasteiger partial charge in [0.1, 0.15) is 5.60 Å². The lowest BCUT2D eigenvalue weighted by Crippen LogP contribution is -2.41. The summed E-state index contributed by atoms with van der Waals surface area (Å²) in [4.78, 5) is 13.7. The van der Waals surface area contributed by atoms with Gasteiger partial charge in [-0.1, -0.05) is 23.4 Å². The van der Waals surface area contributed by atoms with Crippen molar-refractivity contribution in [2.24, 2.45) is 5.92 Å². The van der Waals surface area contributed by atoms with E-state index in [2.05, 4.69) is 22.0 Å². The summed E-state index contributed by atoms with van der Waals surface area (Å²) >= 11 is 5.79. The Hall–Kier alpha value is -2.00. The van der Waals surface area contributed by atoms with E-state index < -0.39 is 5.60 Å². The molecule has 0 spiro atoms. The molecule has 1 aromatic rings. The first-order valence-electron chi connectivity index (χ1n) is 7.53. The average molecular weight is 337 g/mol. The zero-order valence-electron chi connectivity index (χ0n) is 13.6. The first-order chi connectivity index (χ1) is 10.7. The van der Waals surface area contributed by atoms with Crippen molar-refractivity contribution in [2.75, 3.05) is 18.8 Å². The van der Waals surface area contributed by atoms with Crippen molar-refractivity contribution in [1.29, 1.82) is 0 Å². The number of aromatic nitrogens is 2. The number of hydrogen-bond acceptors (Lipinski definition) is 5. The molecule has 7 heteroatoms. The van der Waals surface area contributed by atoms with Gasteiger partial charge in [0.25, 0.3) is 0 Å². The van der Waals surface area contributed by atoms with Crippen molar-refractivity contribution in [1.82, 2.24) is 15.1 Å². The minimum Gasteiger partial charge on any atom is -0.444 e. The molecular formula is C16H21ClN4O2. The third-order valence-corrected chi connectivity index (χ3v) is 3.53. The molecule has 0 bridgehead atoms. The highest BCUT2D eigenvalue weighted by molar-refractivity contribution is 6.29. The minimum absolute atomic E-state index is 0.208. The number of carbonyl (C=O) groups is 1. The number of nitrogens with two attached hydrogens (primary N) is 1. The summed E-state index contributed by atoms with van der Waals surface area (Å²) < 4.78 is 5.38. The Kier molecular flexibility index (Phi) is 5.32.